The molecule has 0 N–H and O–H groups in total. The predicted molar refractivity (Wildman–Crippen MR) is 127 cm³/mol. The molecule has 0 atom stereocenters. The van der Waals surface area contributed by atoms with Gasteiger partial charge in [0.15, 0.2) is 0 Å². The van der Waals surface area contributed by atoms with Gasteiger partial charge < -0.3 is 13.9 Å². The van der Waals surface area contributed by atoms with Crippen molar-refractivity contribution in [3.8, 4) is 5.75 Å². The van der Waals surface area contributed by atoms with Crippen LogP contribution >= 0.6 is 0 Å². The second kappa shape index (κ2) is 9.99. The molecule has 180 valence electrons. The first-order valence-corrected chi connectivity index (χ1v) is 12.6. The van der Waals surface area contributed by atoms with E-state index in [1.54, 1.807) is 12.1 Å². The van der Waals surface area contributed by atoms with E-state index >= 15 is 0 Å². The summed E-state index contributed by atoms with van der Waals surface area (Å²) in [6, 6.07) is 10.9. The second-order valence-electron chi connectivity index (χ2n) is 8.35. The molecule has 0 saturated carbocycles. The van der Waals surface area contributed by atoms with Gasteiger partial charge in [0.2, 0.25) is 10.0 Å². The van der Waals surface area contributed by atoms with Crippen molar-refractivity contribution in [2.45, 2.75) is 44.1 Å². The number of methoxy groups -OCH3 is 1. The van der Waals surface area contributed by atoms with Gasteiger partial charge in [-0.2, -0.15) is 4.31 Å². The lowest BCUT2D eigenvalue weighted by Crippen LogP contribution is -2.32. The topological polar surface area (TPSA) is 103 Å². The molecule has 0 amide bonds. The Morgan fingerprint density at radius 3 is 2.47 bits per heavy atom. The maximum atomic E-state index is 13.3. The molecule has 2 heterocycles. The molecule has 3 aromatic rings. The Kier molecular flexibility index (Phi) is 7.04. The van der Waals surface area contributed by atoms with E-state index in [2.05, 4.69) is 0 Å². The maximum Gasteiger partial charge on any atom is 0.338 e. The van der Waals surface area contributed by atoms with Gasteiger partial charge in [0.1, 0.15) is 22.8 Å². The van der Waals surface area contributed by atoms with Crippen molar-refractivity contribution in [2.24, 2.45) is 0 Å². The lowest BCUT2D eigenvalue weighted by atomic mass is 10.1. The average Bonchev–Trinajstić information content (AvgIpc) is 3.12. The summed E-state index contributed by atoms with van der Waals surface area (Å²) in [7, 11) is -2.45. The molecule has 0 radical (unpaired) electrons. The number of aryl methyl sites for hydroxylation is 1. The van der Waals surface area contributed by atoms with Gasteiger partial charge in [0, 0.05) is 30.1 Å². The summed E-state index contributed by atoms with van der Waals surface area (Å²) in [5.41, 5.74) is 1.39. The minimum atomic E-state index is -3.84. The Labute approximate surface area is 198 Å². The summed E-state index contributed by atoms with van der Waals surface area (Å²) in [5, 5.41) is 0.664. The van der Waals surface area contributed by atoms with Crippen molar-refractivity contribution >= 4 is 27.0 Å². The van der Waals surface area contributed by atoms with Gasteiger partial charge >= 0.3 is 11.6 Å². The number of esters is 1. The van der Waals surface area contributed by atoms with Gasteiger partial charge in [-0.05, 0) is 49.6 Å². The standard InChI is InChI=1S/C25H27NO7S/c1-17-7-9-20-19(15-24(27)33-22(20)13-17)16-32-25(28)18-8-10-21(31-2)23(14-18)34(29,30)26-11-5-3-4-6-12-26/h7-10,13-15H,3-6,11-12,16H2,1-2H3. The van der Waals surface area contributed by atoms with Crippen LogP contribution in [0.1, 0.15) is 47.2 Å². The Morgan fingerprint density at radius 1 is 1.03 bits per heavy atom. The van der Waals surface area contributed by atoms with Crippen LogP contribution < -0.4 is 10.4 Å². The largest absolute Gasteiger partial charge is 0.495 e. The van der Waals surface area contributed by atoms with Crippen LogP contribution in [0.25, 0.3) is 11.0 Å². The van der Waals surface area contributed by atoms with Crippen LogP contribution in [0.3, 0.4) is 0 Å². The summed E-state index contributed by atoms with van der Waals surface area (Å²) in [6.45, 7) is 2.59. The van der Waals surface area contributed by atoms with Gasteiger partial charge in [0.25, 0.3) is 0 Å². The summed E-state index contributed by atoms with van der Waals surface area (Å²) in [4.78, 5) is 24.7. The molecular weight excluding hydrogens is 458 g/mol. The van der Waals surface area contributed by atoms with Crippen molar-refractivity contribution < 1.29 is 27.1 Å². The van der Waals surface area contributed by atoms with Crippen molar-refractivity contribution in [3.05, 3.63) is 69.6 Å². The molecule has 34 heavy (non-hydrogen) atoms. The maximum absolute atomic E-state index is 13.3. The number of carbonyl (C=O) groups excluding carboxylic acids is 1. The predicted octanol–water partition coefficient (Wildman–Crippen LogP) is 4.03. The van der Waals surface area contributed by atoms with Crippen LogP contribution in [0.5, 0.6) is 5.75 Å². The molecule has 1 aromatic heterocycles. The minimum Gasteiger partial charge on any atom is -0.495 e. The number of rotatable bonds is 6. The average molecular weight is 486 g/mol. The molecule has 4 rings (SSSR count). The number of benzene rings is 2. The third kappa shape index (κ3) is 5.00. The highest BCUT2D eigenvalue weighted by Gasteiger charge is 2.29. The SMILES string of the molecule is COc1ccc(C(=O)OCc2cc(=O)oc3cc(C)ccc23)cc1S(=O)(=O)N1CCCCCC1. The second-order valence-corrected chi connectivity index (χ2v) is 10.3. The number of hydrogen-bond acceptors (Lipinski definition) is 7. The summed E-state index contributed by atoms with van der Waals surface area (Å²) in [6.07, 6.45) is 3.56. The van der Waals surface area contributed by atoms with E-state index in [-0.39, 0.29) is 22.8 Å². The lowest BCUT2D eigenvalue weighted by molar-refractivity contribution is 0.0473. The van der Waals surface area contributed by atoms with Gasteiger partial charge in [-0.25, -0.2) is 18.0 Å². The number of ether oxygens (including phenoxy) is 2. The number of carbonyl (C=O) groups is 1. The normalized spacial score (nSPS) is 15.1. The molecule has 0 spiro atoms. The van der Waals surface area contributed by atoms with Crippen LogP contribution in [0, 0.1) is 6.92 Å². The Hall–Kier alpha value is -3.17. The van der Waals surface area contributed by atoms with E-state index < -0.39 is 21.6 Å². The van der Waals surface area contributed by atoms with Gasteiger partial charge in [-0.15, -0.1) is 0 Å². The molecule has 1 aliphatic heterocycles. The first-order valence-electron chi connectivity index (χ1n) is 11.2. The van der Waals surface area contributed by atoms with E-state index in [4.69, 9.17) is 13.9 Å². The van der Waals surface area contributed by atoms with Crippen LogP contribution in [0.4, 0.5) is 0 Å². The number of fused-ring (bicyclic) bond motifs is 1. The number of sulfonamides is 1. The zero-order valence-corrected chi connectivity index (χ0v) is 20.0. The molecule has 8 nitrogen and oxygen atoms in total. The monoisotopic (exact) mass is 485 g/mol. The summed E-state index contributed by atoms with van der Waals surface area (Å²) >= 11 is 0. The molecule has 1 fully saturated rings. The fourth-order valence-electron chi connectivity index (χ4n) is 4.11. The lowest BCUT2D eigenvalue weighted by Gasteiger charge is -2.21. The number of nitrogens with zero attached hydrogens (tertiary/aromatic N) is 1. The van der Waals surface area contributed by atoms with E-state index in [0.29, 0.717) is 29.6 Å². The summed E-state index contributed by atoms with van der Waals surface area (Å²) < 4.78 is 44.1. The Bertz CT molecular complexity index is 1370. The zero-order valence-electron chi connectivity index (χ0n) is 19.2. The molecule has 1 saturated heterocycles. The Morgan fingerprint density at radius 2 is 1.76 bits per heavy atom. The van der Waals surface area contributed by atoms with E-state index in [1.165, 1.54) is 35.7 Å². The highest BCUT2D eigenvalue weighted by Crippen LogP contribution is 2.30. The van der Waals surface area contributed by atoms with Crippen LogP contribution in [-0.4, -0.2) is 38.9 Å². The first kappa shape index (κ1) is 24.0. The van der Waals surface area contributed by atoms with E-state index in [0.717, 1.165) is 31.2 Å². The highest BCUT2D eigenvalue weighted by molar-refractivity contribution is 7.89. The fourth-order valence-corrected chi connectivity index (χ4v) is 5.81. The van der Waals surface area contributed by atoms with Gasteiger partial charge in [0.05, 0.1) is 12.7 Å². The fraction of sp³-hybridized carbons (Fsp3) is 0.360. The zero-order chi connectivity index (χ0) is 24.3. The molecule has 9 heteroatoms. The molecular formula is C25H27NO7S. The summed E-state index contributed by atoms with van der Waals surface area (Å²) in [5.74, 6) is -0.536. The molecule has 0 unspecified atom stereocenters. The van der Waals surface area contributed by atoms with Crippen molar-refractivity contribution in [1.29, 1.82) is 0 Å². The number of hydrogen-bond donors (Lipinski definition) is 0. The molecule has 0 aliphatic carbocycles. The minimum absolute atomic E-state index is 0.0624. The van der Waals surface area contributed by atoms with Crippen LogP contribution in [0.2, 0.25) is 0 Å². The van der Waals surface area contributed by atoms with Gasteiger partial charge in [-0.1, -0.05) is 25.0 Å². The van der Waals surface area contributed by atoms with Crippen molar-refractivity contribution in [3.63, 3.8) is 0 Å². The Balaban J connectivity index is 1.60. The van der Waals surface area contributed by atoms with E-state index in [9.17, 15) is 18.0 Å². The third-order valence-electron chi connectivity index (χ3n) is 5.93. The van der Waals surface area contributed by atoms with Crippen LogP contribution in [0.15, 0.2) is 56.6 Å². The molecule has 0 bridgehead atoms. The highest BCUT2D eigenvalue weighted by atomic mass is 32.2. The van der Waals surface area contributed by atoms with Crippen molar-refractivity contribution in [2.75, 3.05) is 20.2 Å². The van der Waals surface area contributed by atoms with Crippen LogP contribution in [-0.2, 0) is 21.4 Å². The van der Waals surface area contributed by atoms with Crippen molar-refractivity contribution in [1.82, 2.24) is 4.31 Å². The van der Waals surface area contributed by atoms with E-state index in [1.807, 2.05) is 13.0 Å². The first-order chi connectivity index (χ1) is 16.3. The third-order valence-corrected chi connectivity index (χ3v) is 7.85. The van der Waals surface area contributed by atoms with Gasteiger partial charge in [-0.3, -0.25) is 0 Å². The molecule has 2 aromatic carbocycles. The quantitative estimate of drug-likeness (QED) is 0.384. The smallest absolute Gasteiger partial charge is 0.338 e. The molecule has 1 aliphatic rings.